The predicted octanol–water partition coefficient (Wildman–Crippen LogP) is 2.11. The molecule has 0 atom stereocenters. The Balaban J connectivity index is 1.93. The maximum Gasteiger partial charge on any atom is 0.122 e. The molecule has 19 heavy (non-hydrogen) atoms. The minimum atomic E-state index is 0.390. The van der Waals surface area contributed by atoms with Gasteiger partial charge in [-0.05, 0) is 49.4 Å². The van der Waals surface area contributed by atoms with E-state index in [1.54, 1.807) is 0 Å². The number of hydrogen-bond acceptors (Lipinski definition) is 3. The van der Waals surface area contributed by atoms with Gasteiger partial charge in [-0.2, -0.15) is 0 Å². The molecule has 0 amide bonds. The molecule has 3 nitrogen and oxygen atoms in total. The predicted molar refractivity (Wildman–Crippen MR) is 76.1 cm³/mol. The summed E-state index contributed by atoms with van der Waals surface area (Å²) in [6.45, 7) is 4.94. The van der Waals surface area contributed by atoms with Crippen LogP contribution in [0, 0.1) is 24.7 Å². The molecule has 1 aromatic carbocycles. The highest BCUT2D eigenvalue weighted by Gasteiger charge is 2.14. The van der Waals surface area contributed by atoms with Gasteiger partial charge in [0, 0.05) is 18.8 Å². The van der Waals surface area contributed by atoms with E-state index < -0.39 is 0 Å². The average Bonchev–Trinajstić information content (AvgIpc) is 2.45. The summed E-state index contributed by atoms with van der Waals surface area (Å²) < 4.78 is 11.3. The lowest BCUT2D eigenvalue weighted by Crippen LogP contribution is -2.21. The van der Waals surface area contributed by atoms with Crippen LogP contribution in [0.15, 0.2) is 18.2 Å². The van der Waals surface area contributed by atoms with Crippen LogP contribution in [-0.2, 0) is 4.74 Å². The first-order valence-electron chi connectivity index (χ1n) is 6.79. The van der Waals surface area contributed by atoms with Crippen molar-refractivity contribution in [2.45, 2.75) is 19.8 Å². The largest absolute Gasteiger partial charge is 0.493 e. The number of benzene rings is 1. The van der Waals surface area contributed by atoms with Crippen LogP contribution in [-0.4, -0.2) is 26.4 Å². The van der Waals surface area contributed by atoms with Gasteiger partial charge in [0.15, 0.2) is 0 Å². The smallest absolute Gasteiger partial charge is 0.122 e. The quantitative estimate of drug-likeness (QED) is 0.846. The van der Waals surface area contributed by atoms with Crippen molar-refractivity contribution in [2.24, 2.45) is 11.7 Å². The molecule has 102 valence electrons. The van der Waals surface area contributed by atoms with Crippen molar-refractivity contribution in [1.29, 1.82) is 0 Å². The highest BCUT2D eigenvalue weighted by atomic mass is 16.5. The average molecular weight is 259 g/mol. The molecule has 0 bridgehead atoms. The molecular formula is C16H21NO2. The van der Waals surface area contributed by atoms with Crippen LogP contribution < -0.4 is 10.5 Å². The Bertz CT molecular complexity index is 467. The van der Waals surface area contributed by atoms with Crippen molar-refractivity contribution in [2.75, 3.05) is 26.4 Å². The van der Waals surface area contributed by atoms with Crippen molar-refractivity contribution < 1.29 is 9.47 Å². The van der Waals surface area contributed by atoms with E-state index in [2.05, 4.69) is 11.8 Å². The second-order valence-corrected chi connectivity index (χ2v) is 4.85. The molecule has 0 saturated carbocycles. The zero-order valence-electron chi connectivity index (χ0n) is 11.4. The van der Waals surface area contributed by atoms with E-state index in [0.29, 0.717) is 12.5 Å². The zero-order valence-corrected chi connectivity index (χ0v) is 11.4. The molecule has 3 heteroatoms. The van der Waals surface area contributed by atoms with Gasteiger partial charge >= 0.3 is 0 Å². The van der Waals surface area contributed by atoms with E-state index in [1.165, 1.54) is 0 Å². The molecule has 1 heterocycles. The minimum Gasteiger partial charge on any atom is -0.493 e. The van der Waals surface area contributed by atoms with Crippen LogP contribution in [0.3, 0.4) is 0 Å². The minimum absolute atomic E-state index is 0.390. The topological polar surface area (TPSA) is 44.5 Å². The van der Waals surface area contributed by atoms with Gasteiger partial charge < -0.3 is 15.2 Å². The second kappa shape index (κ2) is 7.18. The number of aryl methyl sites for hydroxylation is 1. The van der Waals surface area contributed by atoms with E-state index >= 15 is 0 Å². The molecule has 0 unspecified atom stereocenters. The first-order valence-corrected chi connectivity index (χ1v) is 6.79. The first kappa shape index (κ1) is 13.9. The van der Waals surface area contributed by atoms with Crippen LogP contribution in [0.5, 0.6) is 5.75 Å². The number of nitrogens with two attached hydrogens (primary N) is 1. The zero-order chi connectivity index (χ0) is 13.5. The van der Waals surface area contributed by atoms with Gasteiger partial charge in [0.05, 0.1) is 13.2 Å². The van der Waals surface area contributed by atoms with Crippen molar-refractivity contribution >= 4 is 0 Å². The summed E-state index contributed by atoms with van der Waals surface area (Å²) in [5.74, 6) is 7.45. The fraction of sp³-hybridized carbons (Fsp3) is 0.500. The normalized spacial score (nSPS) is 15.7. The van der Waals surface area contributed by atoms with Gasteiger partial charge in [-0.3, -0.25) is 0 Å². The molecule has 0 spiro atoms. The summed E-state index contributed by atoms with van der Waals surface area (Å²) in [7, 11) is 0. The van der Waals surface area contributed by atoms with Crippen LogP contribution in [0.2, 0.25) is 0 Å². The standard InChI is InChI=1S/C16H21NO2/c1-13-11-14(3-2-8-17)4-5-16(13)19-12-15-6-9-18-10-7-15/h4-5,11,15H,6-10,12,17H2,1H3. The third-order valence-electron chi connectivity index (χ3n) is 3.33. The molecule has 0 aliphatic carbocycles. The Hall–Kier alpha value is -1.50. The van der Waals surface area contributed by atoms with E-state index in [1.807, 2.05) is 25.1 Å². The van der Waals surface area contributed by atoms with E-state index in [-0.39, 0.29) is 0 Å². The molecule has 1 saturated heterocycles. The summed E-state index contributed by atoms with van der Waals surface area (Å²) in [6, 6.07) is 6.02. The van der Waals surface area contributed by atoms with E-state index in [9.17, 15) is 0 Å². The van der Waals surface area contributed by atoms with Crippen LogP contribution >= 0.6 is 0 Å². The second-order valence-electron chi connectivity index (χ2n) is 4.85. The Kier molecular flexibility index (Phi) is 5.26. The Morgan fingerprint density at radius 3 is 2.84 bits per heavy atom. The van der Waals surface area contributed by atoms with Gasteiger partial charge in [-0.15, -0.1) is 0 Å². The fourth-order valence-corrected chi connectivity index (χ4v) is 2.16. The molecule has 2 N–H and O–H groups in total. The van der Waals surface area contributed by atoms with Crippen molar-refractivity contribution in [3.8, 4) is 17.6 Å². The van der Waals surface area contributed by atoms with Gasteiger partial charge in [0.1, 0.15) is 5.75 Å². The highest BCUT2D eigenvalue weighted by Crippen LogP contribution is 2.22. The molecule has 0 aromatic heterocycles. The van der Waals surface area contributed by atoms with Crippen LogP contribution in [0.1, 0.15) is 24.0 Å². The highest BCUT2D eigenvalue weighted by molar-refractivity contribution is 5.43. The number of ether oxygens (including phenoxy) is 2. The van der Waals surface area contributed by atoms with Crippen molar-refractivity contribution in [3.63, 3.8) is 0 Å². The molecule has 0 radical (unpaired) electrons. The lowest BCUT2D eigenvalue weighted by atomic mass is 10.0. The number of hydrogen-bond donors (Lipinski definition) is 1. The monoisotopic (exact) mass is 259 g/mol. The summed E-state index contributed by atoms with van der Waals surface area (Å²) in [6.07, 6.45) is 2.19. The third-order valence-corrected chi connectivity index (χ3v) is 3.33. The Morgan fingerprint density at radius 2 is 2.16 bits per heavy atom. The lowest BCUT2D eigenvalue weighted by molar-refractivity contribution is 0.0496. The van der Waals surface area contributed by atoms with Gasteiger partial charge in [-0.1, -0.05) is 11.8 Å². The third kappa shape index (κ3) is 4.27. The fourth-order valence-electron chi connectivity index (χ4n) is 2.16. The van der Waals surface area contributed by atoms with Crippen molar-refractivity contribution in [1.82, 2.24) is 0 Å². The maximum absolute atomic E-state index is 5.91. The Morgan fingerprint density at radius 1 is 1.37 bits per heavy atom. The SMILES string of the molecule is Cc1cc(C#CCN)ccc1OCC1CCOCC1. The molecule has 1 aliphatic heterocycles. The first-order chi connectivity index (χ1) is 9.29. The number of rotatable bonds is 3. The molecular weight excluding hydrogens is 238 g/mol. The van der Waals surface area contributed by atoms with Gasteiger partial charge in [0.2, 0.25) is 0 Å². The molecule has 1 aliphatic rings. The van der Waals surface area contributed by atoms with Gasteiger partial charge in [0.25, 0.3) is 0 Å². The molecule has 2 rings (SSSR count). The van der Waals surface area contributed by atoms with Gasteiger partial charge in [-0.25, -0.2) is 0 Å². The molecule has 1 aromatic rings. The van der Waals surface area contributed by atoms with E-state index in [0.717, 1.165) is 49.5 Å². The summed E-state index contributed by atoms with van der Waals surface area (Å²) >= 11 is 0. The lowest BCUT2D eigenvalue weighted by Gasteiger charge is -2.22. The summed E-state index contributed by atoms with van der Waals surface area (Å²) in [4.78, 5) is 0. The molecule has 1 fully saturated rings. The Labute approximate surface area is 115 Å². The van der Waals surface area contributed by atoms with Crippen LogP contribution in [0.25, 0.3) is 0 Å². The van der Waals surface area contributed by atoms with Crippen LogP contribution in [0.4, 0.5) is 0 Å². The summed E-state index contributed by atoms with van der Waals surface area (Å²) in [5, 5.41) is 0. The summed E-state index contributed by atoms with van der Waals surface area (Å²) in [5.41, 5.74) is 7.47. The van der Waals surface area contributed by atoms with E-state index in [4.69, 9.17) is 15.2 Å². The maximum atomic E-state index is 5.91. The van der Waals surface area contributed by atoms with Crippen molar-refractivity contribution in [3.05, 3.63) is 29.3 Å².